The lowest BCUT2D eigenvalue weighted by atomic mass is 9.72. The first-order valence-corrected chi connectivity index (χ1v) is 10.4. The first-order valence-electron chi connectivity index (χ1n) is 10.4. The van der Waals surface area contributed by atoms with Gasteiger partial charge in [-0.1, -0.05) is 6.07 Å². The van der Waals surface area contributed by atoms with Crippen molar-refractivity contribution in [2.24, 2.45) is 5.41 Å². The van der Waals surface area contributed by atoms with Crippen molar-refractivity contribution in [3.63, 3.8) is 0 Å². The summed E-state index contributed by atoms with van der Waals surface area (Å²) in [6, 6.07) is 5.23. The van der Waals surface area contributed by atoms with Crippen molar-refractivity contribution in [2.75, 3.05) is 39.8 Å². The van der Waals surface area contributed by atoms with Crippen LogP contribution in [0, 0.1) is 5.41 Å². The summed E-state index contributed by atoms with van der Waals surface area (Å²) in [5.74, 6) is 0.234. The van der Waals surface area contributed by atoms with E-state index in [1.165, 1.54) is 0 Å². The van der Waals surface area contributed by atoms with E-state index >= 15 is 0 Å². The second-order valence-corrected chi connectivity index (χ2v) is 8.59. The van der Waals surface area contributed by atoms with E-state index in [2.05, 4.69) is 10.3 Å². The molecule has 3 aliphatic rings. The van der Waals surface area contributed by atoms with Crippen molar-refractivity contribution in [2.45, 2.75) is 38.1 Å². The number of nitrogens with one attached hydrogen (secondary N) is 1. The molecule has 29 heavy (non-hydrogen) atoms. The second kappa shape index (κ2) is 8.00. The van der Waals surface area contributed by atoms with Crippen LogP contribution in [0.2, 0.25) is 0 Å². The zero-order valence-corrected chi connectivity index (χ0v) is 17.0. The van der Waals surface area contributed by atoms with E-state index < -0.39 is 6.04 Å². The topological polar surface area (TPSA) is 85.8 Å². The van der Waals surface area contributed by atoms with Crippen molar-refractivity contribution in [3.8, 4) is 0 Å². The summed E-state index contributed by atoms with van der Waals surface area (Å²) in [6.07, 6.45) is 5.84. The molecule has 3 fully saturated rings. The Morgan fingerprint density at radius 3 is 2.69 bits per heavy atom. The lowest BCUT2D eigenvalue weighted by Crippen LogP contribution is -2.55. The molecular formula is C21H29N5O3. The zero-order chi connectivity index (χ0) is 20.4. The van der Waals surface area contributed by atoms with Gasteiger partial charge in [-0.15, -0.1) is 0 Å². The minimum atomic E-state index is -0.440. The summed E-state index contributed by atoms with van der Waals surface area (Å²) in [5, 5.41) is 2.75. The van der Waals surface area contributed by atoms with E-state index in [1.54, 1.807) is 18.1 Å². The quantitative estimate of drug-likeness (QED) is 0.814. The largest absolute Gasteiger partial charge is 0.342 e. The highest BCUT2D eigenvalue weighted by molar-refractivity contribution is 5.90. The first-order chi connectivity index (χ1) is 14.0. The van der Waals surface area contributed by atoms with Gasteiger partial charge >= 0.3 is 6.03 Å². The molecule has 156 valence electrons. The predicted octanol–water partition coefficient (Wildman–Crippen LogP) is 0.879. The molecule has 0 radical (unpaired) electrons. The average molecular weight is 399 g/mol. The molecule has 0 saturated carbocycles. The van der Waals surface area contributed by atoms with Gasteiger partial charge in [0, 0.05) is 58.0 Å². The van der Waals surface area contributed by atoms with Crippen molar-refractivity contribution in [1.29, 1.82) is 0 Å². The first kappa shape index (κ1) is 19.7. The molecule has 1 aromatic rings. The Morgan fingerprint density at radius 1 is 1.24 bits per heavy atom. The molecular weight excluding hydrogens is 370 g/mol. The van der Waals surface area contributed by atoms with Crippen molar-refractivity contribution < 1.29 is 14.4 Å². The predicted molar refractivity (Wildman–Crippen MR) is 107 cm³/mol. The number of aromatic nitrogens is 1. The van der Waals surface area contributed by atoms with Crippen molar-refractivity contribution in [3.05, 3.63) is 30.1 Å². The van der Waals surface area contributed by atoms with E-state index in [9.17, 15) is 14.4 Å². The highest BCUT2D eigenvalue weighted by atomic mass is 16.2. The molecule has 0 aliphatic carbocycles. The third-order valence-corrected chi connectivity index (χ3v) is 6.65. The van der Waals surface area contributed by atoms with Gasteiger partial charge in [-0.2, -0.15) is 0 Å². The second-order valence-electron chi connectivity index (χ2n) is 8.59. The van der Waals surface area contributed by atoms with Crippen LogP contribution in [-0.2, 0) is 16.0 Å². The lowest BCUT2D eigenvalue weighted by Gasteiger charge is -2.47. The van der Waals surface area contributed by atoms with E-state index in [0.717, 1.165) is 37.9 Å². The van der Waals surface area contributed by atoms with Gasteiger partial charge in [-0.05, 0) is 36.8 Å². The highest BCUT2D eigenvalue weighted by Gasteiger charge is 2.43. The van der Waals surface area contributed by atoms with Crippen LogP contribution in [0.15, 0.2) is 24.4 Å². The standard InChI is InChI=1S/C21H29N5O3/c1-24-14-17(23-20(24)29)19(28)25-12-8-21(9-13-25)7-5-18(27)26(15-21)11-6-16-4-2-3-10-22-16/h2-4,10,17H,5-9,11-15H2,1H3,(H,23,29)/t17-/m1/s1. The zero-order valence-electron chi connectivity index (χ0n) is 17.0. The minimum Gasteiger partial charge on any atom is -0.342 e. The molecule has 0 aromatic carbocycles. The average Bonchev–Trinajstić information content (AvgIpc) is 3.08. The van der Waals surface area contributed by atoms with Gasteiger partial charge in [0.05, 0.1) is 6.54 Å². The van der Waals surface area contributed by atoms with Gasteiger partial charge in [-0.3, -0.25) is 14.6 Å². The molecule has 1 N–H and O–H groups in total. The number of amides is 4. The fourth-order valence-corrected chi connectivity index (χ4v) is 4.73. The number of likely N-dealkylation sites (N-methyl/N-ethyl adjacent to an activating group) is 1. The molecule has 1 atom stereocenters. The van der Waals surface area contributed by atoms with Crippen LogP contribution in [0.1, 0.15) is 31.4 Å². The number of urea groups is 1. The Morgan fingerprint density at radius 2 is 2.03 bits per heavy atom. The molecule has 0 unspecified atom stereocenters. The number of pyridine rings is 1. The number of piperidine rings is 2. The molecule has 4 amide bonds. The van der Waals surface area contributed by atoms with Gasteiger partial charge in [0.25, 0.3) is 0 Å². The molecule has 0 bridgehead atoms. The van der Waals surface area contributed by atoms with Gasteiger partial charge in [0.15, 0.2) is 0 Å². The third kappa shape index (κ3) is 4.21. The summed E-state index contributed by atoms with van der Waals surface area (Å²) in [6.45, 7) is 3.27. The van der Waals surface area contributed by atoms with Crippen LogP contribution in [0.3, 0.4) is 0 Å². The maximum Gasteiger partial charge on any atom is 0.317 e. The summed E-state index contributed by atoms with van der Waals surface area (Å²) >= 11 is 0. The summed E-state index contributed by atoms with van der Waals surface area (Å²) < 4.78 is 0. The molecule has 8 heteroatoms. The van der Waals surface area contributed by atoms with Crippen LogP contribution in [0.25, 0.3) is 0 Å². The number of hydrogen-bond acceptors (Lipinski definition) is 4. The molecule has 1 spiro atoms. The monoisotopic (exact) mass is 399 g/mol. The summed E-state index contributed by atoms with van der Waals surface area (Å²) in [7, 11) is 1.70. The van der Waals surface area contributed by atoms with E-state index in [-0.39, 0.29) is 23.3 Å². The number of nitrogens with zero attached hydrogens (tertiary/aromatic N) is 4. The number of hydrogen-bond donors (Lipinski definition) is 1. The molecule has 3 saturated heterocycles. The maximum atomic E-state index is 12.8. The Kier molecular flexibility index (Phi) is 5.43. The molecule has 4 rings (SSSR count). The molecule has 8 nitrogen and oxygen atoms in total. The highest BCUT2D eigenvalue weighted by Crippen LogP contribution is 2.40. The van der Waals surface area contributed by atoms with Gasteiger partial charge in [0.1, 0.15) is 6.04 Å². The summed E-state index contributed by atoms with van der Waals surface area (Å²) in [5.41, 5.74) is 1.11. The van der Waals surface area contributed by atoms with E-state index in [1.807, 2.05) is 28.0 Å². The lowest BCUT2D eigenvalue weighted by molar-refractivity contribution is -0.143. The van der Waals surface area contributed by atoms with Gasteiger partial charge < -0.3 is 20.0 Å². The normalized spacial score (nSPS) is 24.2. The number of likely N-dealkylation sites (tertiary alicyclic amines) is 2. The number of carbonyl (C=O) groups is 3. The molecule has 3 aliphatic heterocycles. The Hall–Kier alpha value is -2.64. The minimum absolute atomic E-state index is 0.0106. The van der Waals surface area contributed by atoms with Gasteiger partial charge in [0.2, 0.25) is 11.8 Å². The van der Waals surface area contributed by atoms with Crippen LogP contribution < -0.4 is 5.32 Å². The smallest absolute Gasteiger partial charge is 0.317 e. The summed E-state index contributed by atoms with van der Waals surface area (Å²) in [4.78, 5) is 46.6. The van der Waals surface area contributed by atoms with Crippen molar-refractivity contribution in [1.82, 2.24) is 25.0 Å². The van der Waals surface area contributed by atoms with E-state index in [4.69, 9.17) is 0 Å². The van der Waals surface area contributed by atoms with E-state index in [0.29, 0.717) is 32.6 Å². The molecule has 4 heterocycles. The Bertz CT molecular complexity index is 776. The Labute approximate surface area is 171 Å². The van der Waals surface area contributed by atoms with Gasteiger partial charge in [-0.25, -0.2) is 4.79 Å². The van der Waals surface area contributed by atoms with Crippen LogP contribution in [0.5, 0.6) is 0 Å². The van der Waals surface area contributed by atoms with Crippen LogP contribution in [-0.4, -0.2) is 83.3 Å². The fraction of sp³-hybridized carbons (Fsp3) is 0.619. The maximum absolute atomic E-state index is 12.8. The number of rotatable bonds is 4. The van der Waals surface area contributed by atoms with Crippen LogP contribution in [0.4, 0.5) is 4.79 Å². The Balaban J connectivity index is 1.32. The third-order valence-electron chi connectivity index (χ3n) is 6.65. The van der Waals surface area contributed by atoms with Crippen molar-refractivity contribution >= 4 is 17.8 Å². The van der Waals surface area contributed by atoms with Crippen LogP contribution >= 0.6 is 0 Å². The molecule has 1 aromatic heterocycles. The SMILES string of the molecule is CN1C[C@H](C(=O)N2CCC3(CCC(=O)N(CCc4ccccn4)C3)CC2)NC1=O. The number of carbonyl (C=O) groups excluding carboxylic acids is 3. The fourth-order valence-electron chi connectivity index (χ4n) is 4.73.